The van der Waals surface area contributed by atoms with Gasteiger partial charge >= 0.3 is 5.97 Å². The highest BCUT2D eigenvalue weighted by atomic mass is 16.4. The van der Waals surface area contributed by atoms with Crippen LogP contribution in [0.1, 0.15) is 26.2 Å². The second-order valence-corrected chi connectivity index (χ2v) is 2.03. The second kappa shape index (κ2) is 6.88. The van der Waals surface area contributed by atoms with Gasteiger partial charge < -0.3 is 5.11 Å². The number of carboxylic acids is 1. The first-order valence-corrected chi connectivity index (χ1v) is 3.62. The van der Waals surface area contributed by atoms with Crippen molar-refractivity contribution in [1.29, 1.82) is 0 Å². The zero-order valence-corrected chi connectivity index (χ0v) is 6.63. The fraction of sp³-hybridized carbons (Fsp3) is 0.444. The Bertz CT molecular complexity index is 193. The standard InChI is InChI=1S/C9H12O2/c1-2-3-4-5-6-7-8-9(10)11/h3-4H,2,7-8H2,1H3,(H,10,11). The van der Waals surface area contributed by atoms with E-state index in [-0.39, 0.29) is 6.42 Å². The third-order valence-corrected chi connectivity index (χ3v) is 1.00. The van der Waals surface area contributed by atoms with Gasteiger partial charge in [-0.25, -0.2) is 0 Å². The summed E-state index contributed by atoms with van der Waals surface area (Å²) in [6, 6.07) is 0. The van der Waals surface area contributed by atoms with Gasteiger partial charge in [-0.1, -0.05) is 24.8 Å². The number of hydrogen-bond donors (Lipinski definition) is 1. The molecule has 0 aliphatic carbocycles. The van der Waals surface area contributed by atoms with Crippen molar-refractivity contribution in [3.05, 3.63) is 12.2 Å². The summed E-state index contributed by atoms with van der Waals surface area (Å²) in [5, 5.41) is 8.23. The highest BCUT2D eigenvalue weighted by molar-refractivity contribution is 5.67. The molecule has 0 heterocycles. The molecule has 0 saturated carbocycles. The summed E-state index contributed by atoms with van der Waals surface area (Å²) >= 11 is 0. The minimum Gasteiger partial charge on any atom is -0.481 e. The molecule has 0 unspecified atom stereocenters. The molecule has 0 amide bonds. The van der Waals surface area contributed by atoms with Crippen LogP contribution in [-0.2, 0) is 4.79 Å². The smallest absolute Gasteiger partial charge is 0.304 e. The molecular weight excluding hydrogens is 140 g/mol. The normalized spacial score (nSPS) is 9.18. The molecule has 0 radical (unpaired) electrons. The molecule has 0 spiro atoms. The average Bonchev–Trinajstić information content (AvgIpc) is 1.96. The van der Waals surface area contributed by atoms with Crippen molar-refractivity contribution >= 4 is 5.97 Å². The van der Waals surface area contributed by atoms with E-state index in [0.29, 0.717) is 6.42 Å². The lowest BCUT2D eigenvalue weighted by atomic mass is 10.3. The van der Waals surface area contributed by atoms with E-state index in [4.69, 9.17) is 5.11 Å². The van der Waals surface area contributed by atoms with Crippen molar-refractivity contribution in [2.75, 3.05) is 0 Å². The molecule has 0 aromatic heterocycles. The van der Waals surface area contributed by atoms with Gasteiger partial charge in [0.15, 0.2) is 0 Å². The number of carbonyl (C=O) groups is 1. The molecule has 60 valence electrons. The lowest BCUT2D eigenvalue weighted by Gasteiger charge is -1.81. The predicted molar refractivity (Wildman–Crippen MR) is 44.1 cm³/mol. The first-order chi connectivity index (χ1) is 5.27. The van der Waals surface area contributed by atoms with Crippen LogP contribution in [0, 0.1) is 11.8 Å². The Morgan fingerprint density at radius 1 is 1.64 bits per heavy atom. The van der Waals surface area contributed by atoms with Crippen molar-refractivity contribution in [2.45, 2.75) is 26.2 Å². The Morgan fingerprint density at radius 2 is 2.36 bits per heavy atom. The second-order valence-electron chi connectivity index (χ2n) is 2.03. The quantitative estimate of drug-likeness (QED) is 0.626. The van der Waals surface area contributed by atoms with Crippen LogP contribution in [0.15, 0.2) is 12.2 Å². The molecule has 1 N–H and O–H groups in total. The van der Waals surface area contributed by atoms with Crippen molar-refractivity contribution in [1.82, 2.24) is 0 Å². The zero-order valence-electron chi connectivity index (χ0n) is 6.63. The molecule has 0 aromatic rings. The third kappa shape index (κ3) is 8.77. The van der Waals surface area contributed by atoms with Gasteiger partial charge in [0, 0.05) is 6.42 Å². The van der Waals surface area contributed by atoms with Crippen molar-refractivity contribution < 1.29 is 9.90 Å². The van der Waals surface area contributed by atoms with Crippen LogP contribution in [0.3, 0.4) is 0 Å². The van der Waals surface area contributed by atoms with Crippen LogP contribution in [-0.4, -0.2) is 11.1 Å². The molecule has 0 aliphatic heterocycles. The Balaban J connectivity index is 3.40. The predicted octanol–water partition coefficient (Wildman–Crippen LogP) is 1.82. The summed E-state index contributed by atoms with van der Waals surface area (Å²) in [5.41, 5.74) is 0. The molecule has 0 bridgehead atoms. The minimum atomic E-state index is -0.793. The van der Waals surface area contributed by atoms with Gasteiger partial charge in [-0.3, -0.25) is 4.79 Å². The maximum atomic E-state index is 10.0. The molecule has 2 heteroatoms. The Labute approximate surface area is 66.9 Å². The van der Waals surface area contributed by atoms with Crippen molar-refractivity contribution in [2.24, 2.45) is 0 Å². The Hall–Kier alpha value is -1.23. The highest BCUT2D eigenvalue weighted by Gasteiger charge is 1.90. The Morgan fingerprint density at radius 3 is 2.91 bits per heavy atom. The van der Waals surface area contributed by atoms with Crippen molar-refractivity contribution in [3.8, 4) is 11.8 Å². The summed E-state index contributed by atoms with van der Waals surface area (Å²) in [6.07, 6.45) is 5.22. The summed E-state index contributed by atoms with van der Waals surface area (Å²) in [6.45, 7) is 2.02. The minimum absolute atomic E-state index is 0.132. The number of allylic oxidation sites excluding steroid dienone is 2. The van der Waals surface area contributed by atoms with Crippen LogP contribution < -0.4 is 0 Å². The molecule has 0 aromatic carbocycles. The number of rotatable bonds is 3. The molecular formula is C9H12O2. The van der Waals surface area contributed by atoms with Crippen LogP contribution >= 0.6 is 0 Å². The summed E-state index contributed by atoms with van der Waals surface area (Å²) in [5.74, 6) is 4.69. The highest BCUT2D eigenvalue weighted by Crippen LogP contribution is 1.85. The van der Waals surface area contributed by atoms with Crippen LogP contribution in [0.25, 0.3) is 0 Å². The number of carboxylic acid groups (broad SMARTS) is 1. The Kier molecular flexibility index (Phi) is 6.11. The maximum absolute atomic E-state index is 10.0. The SMILES string of the molecule is CCC=CC#CCCC(=O)O. The monoisotopic (exact) mass is 152 g/mol. The average molecular weight is 152 g/mol. The van der Waals surface area contributed by atoms with E-state index < -0.39 is 5.97 Å². The largest absolute Gasteiger partial charge is 0.481 e. The van der Waals surface area contributed by atoms with Gasteiger partial charge in [0.2, 0.25) is 0 Å². The van der Waals surface area contributed by atoms with E-state index >= 15 is 0 Å². The zero-order chi connectivity index (χ0) is 8.53. The van der Waals surface area contributed by atoms with Gasteiger partial charge in [-0.05, 0) is 12.5 Å². The fourth-order valence-electron chi connectivity index (χ4n) is 0.477. The van der Waals surface area contributed by atoms with E-state index in [9.17, 15) is 4.79 Å². The molecule has 11 heavy (non-hydrogen) atoms. The molecule has 0 aliphatic rings. The number of hydrogen-bond acceptors (Lipinski definition) is 1. The molecule has 0 fully saturated rings. The van der Waals surface area contributed by atoms with E-state index in [1.54, 1.807) is 6.08 Å². The van der Waals surface area contributed by atoms with Gasteiger partial charge in [0.1, 0.15) is 0 Å². The van der Waals surface area contributed by atoms with E-state index in [0.717, 1.165) is 6.42 Å². The van der Waals surface area contributed by atoms with Crippen LogP contribution in [0.4, 0.5) is 0 Å². The topological polar surface area (TPSA) is 37.3 Å². The summed E-state index contributed by atoms with van der Waals surface area (Å²) in [4.78, 5) is 10.0. The van der Waals surface area contributed by atoms with Gasteiger partial charge in [-0.2, -0.15) is 0 Å². The van der Waals surface area contributed by atoms with E-state index in [1.165, 1.54) is 0 Å². The lowest BCUT2D eigenvalue weighted by Crippen LogP contribution is -1.91. The molecule has 0 rings (SSSR count). The third-order valence-electron chi connectivity index (χ3n) is 1.00. The summed E-state index contributed by atoms with van der Waals surface area (Å²) < 4.78 is 0. The first-order valence-electron chi connectivity index (χ1n) is 3.62. The van der Waals surface area contributed by atoms with Gasteiger partial charge in [-0.15, -0.1) is 0 Å². The fourth-order valence-corrected chi connectivity index (χ4v) is 0.477. The van der Waals surface area contributed by atoms with Crippen LogP contribution in [0.2, 0.25) is 0 Å². The maximum Gasteiger partial charge on any atom is 0.304 e. The van der Waals surface area contributed by atoms with Crippen molar-refractivity contribution in [3.63, 3.8) is 0 Å². The molecule has 0 saturated heterocycles. The van der Waals surface area contributed by atoms with Gasteiger partial charge in [0.05, 0.1) is 6.42 Å². The lowest BCUT2D eigenvalue weighted by molar-refractivity contribution is -0.136. The molecule has 2 nitrogen and oxygen atoms in total. The number of aliphatic carboxylic acids is 1. The molecule has 0 atom stereocenters. The summed E-state index contributed by atoms with van der Waals surface area (Å²) in [7, 11) is 0. The first kappa shape index (κ1) is 9.77. The van der Waals surface area contributed by atoms with Gasteiger partial charge in [0.25, 0.3) is 0 Å². The van der Waals surface area contributed by atoms with Crippen LogP contribution in [0.5, 0.6) is 0 Å². The van der Waals surface area contributed by atoms with E-state index in [2.05, 4.69) is 11.8 Å². The van der Waals surface area contributed by atoms with E-state index in [1.807, 2.05) is 13.0 Å².